The first-order valence-corrected chi connectivity index (χ1v) is 4.49. The van der Waals surface area contributed by atoms with Crippen molar-refractivity contribution in [2.45, 2.75) is 4.71 Å². The Kier molecular flexibility index (Phi) is 4.08. The van der Waals surface area contributed by atoms with E-state index in [1.807, 2.05) is 0 Å². The number of thioether (sulfide) groups is 2. The van der Waals surface area contributed by atoms with Crippen LogP contribution in [0.2, 0.25) is 0 Å². The van der Waals surface area contributed by atoms with Crippen LogP contribution in [0.1, 0.15) is 0 Å². The van der Waals surface area contributed by atoms with Gasteiger partial charge in [-0.15, -0.1) is 0 Å². The van der Waals surface area contributed by atoms with Crippen LogP contribution in [0.4, 0.5) is 0 Å². The number of hydrogen-bond acceptors (Lipinski definition) is 4. The summed E-state index contributed by atoms with van der Waals surface area (Å²) >= 11 is 2.48. The van der Waals surface area contributed by atoms with E-state index in [1.165, 1.54) is 23.5 Å². The maximum atomic E-state index is 9.93. The van der Waals surface area contributed by atoms with Crippen LogP contribution in [-0.4, -0.2) is 22.1 Å². The van der Waals surface area contributed by atoms with Crippen molar-refractivity contribution < 1.29 is 4.92 Å². The second kappa shape index (κ2) is 4.03. The third-order valence-electron chi connectivity index (χ3n) is 0.575. The molecule has 48 valence electrons. The number of nitrogens with zero attached hydrogens (tertiary/aromatic N) is 1. The smallest absolute Gasteiger partial charge is 0.262 e. The Hall–Kier alpha value is 0.1000. The molecule has 0 fully saturated rings. The molecule has 0 bridgehead atoms. The first-order chi connectivity index (χ1) is 3.72. The normalized spacial score (nSPS) is 9.88. The molecule has 0 N–H and O–H groups in total. The Bertz CT molecular complexity index is 83.4. The van der Waals surface area contributed by atoms with Crippen molar-refractivity contribution in [3.8, 4) is 0 Å². The van der Waals surface area contributed by atoms with E-state index in [1.54, 1.807) is 12.5 Å². The fourth-order valence-electron chi connectivity index (χ4n) is 0.268. The van der Waals surface area contributed by atoms with Gasteiger partial charge < -0.3 is 0 Å². The van der Waals surface area contributed by atoms with Gasteiger partial charge in [0.2, 0.25) is 0 Å². The third-order valence-corrected chi connectivity index (χ3v) is 2.88. The molecule has 0 heterocycles. The summed E-state index contributed by atoms with van der Waals surface area (Å²) in [6.07, 6.45) is 3.45. The van der Waals surface area contributed by atoms with Crippen LogP contribution in [0.3, 0.4) is 0 Å². The molecule has 0 atom stereocenters. The first-order valence-electron chi connectivity index (χ1n) is 1.91. The van der Waals surface area contributed by atoms with Crippen LogP contribution in [0, 0.1) is 10.1 Å². The zero-order valence-corrected chi connectivity index (χ0v) is 6.29. The highest BCUT2D eigenvalue weighted by molar-refractivity contribution is 8.16. The zero-order chi connectivity index (χ0) is 6.57. The summed E-state index contributed by atoms with van der Waals surface area (Å²) in [6, 6.07) is 0. The average Bonchev–Trinajstić information content (AvgIpc) is 1.69. The molecular weight excluding hydrogens is 146 g/mol. The van der Waals surface area contributed by atoms with Gasteiger partial charge in [-0.3, -0.25) is 10.1 Å². The van der Waals surface area contributed by atoms with E-state index in [0.717, 1.165) is 0 Å². The summed E-state index contributed by atoms with van der Waals surface area (Å²) < 4.78 is -0.491. The minimum absolute atomic E-state index is 0.296. The van der Waals surface area contributed by atoms with Crippen LogP contribution in [0.25, 0.3) is 0 Å². The number of hydrogen-bond donors (Lipinski definition) is 0. The Balaban J connectivity index is 3.52. The molecule has 0 aliphatic rings. The lowest BCUT2D eigenvalue weighted by molar-refractivity contribution is -0.470. The van der Waals surface area contributed by atoms with Gasteiger partial charge in [0.05, 0.1) is 0 Å². The second-order valence-electron chi connectivity index (χ2n) is 1.06. The van der Waals surface area contributed by atoms with Crippen LogP contribution < -0.4 is 0 Å². The van der Waals surface area contributed by atoms with E-state index < -0.39 is 4.71 Å². The Morgan fingerprint density at radius 3 is 1.88 bits per heavy atom. The highest BCUT2D eigenvalue weighted by Gasteiger charge is 2.14. The van der Waals surface area contributed by atoms with Gasteiger partial charge in [0.1, 0.15) is 0 Å². The quantitative estimate of drug-likeness (QED) is 0.348. The molecule has 0 aliphatic heterocycles. The topological polar surface area (TPSA) is 43.1 Å². The van der Waals surface area contributed by atoms with E-state index in [9.17, 15) is 10.1 Å². The van der Waals surface area contributed by atoms with Gasteiger partial charge >= 0.3 is 4.71 Å². The van der Waals surface area contributed by atoms with E-state index in [4.69, 9.17) is 0 Å². The molecule has 0 spiro atoms. The maximum Gasteiger partial charge on any atom is 0.303 e. The molecule has 0 radical (unpaired) electrons. The number of nitro groups is 1. The molecule has 0 saturated heterocycles. The minimum atomic E-state index is -0.491. The molecule has 0 aliphatic carbocycles. The Morgan fingerprint density at radius 1 is 1.50 bits per heavy atom. The van der Waals surface area contributed by atoms with Crippen molar-refractivity contribution in [3.05, 3.63) is 10.1 Å². The second-order valence-corrected chi connectivity index (χ2v) is 3.20. The Morgan fingerprint density at radius 2 is 1.88 bits per heavy atom. The van der Waals surface area contributed by atoms with Gasteiger partial charge in [-0.05, 0) is 12.5 Å². The molecule has 0 saturated carbocycles. The molecule has 5 heteroatoms. The molecule has 0 aromatic carbocycles. The van der Waals surface area contributed by atoms with Gasteiger partial charge in [0, 0.05) is 4.92 Å². The summed E-state index contributed by atoms with van der Waals surface area (Å²) in [5.41, 5.74) is 0. The van der Waals surface area contributed by atoms with Crippen LogP contribution >= 0.6 is 23.5 Å². The highest BCUT2D eigenvalue weighted by Crippen LogP contribution is 2.17. The minimum Gasteiger partial charge on any atom is -0.262 e. The Labute approximate surface area is 56.4 Å². The molecule has 0 aromatic heterocycles. The summed E-state index contributed by atoms with van der Waals surface area (Å²) in [5.74, 6) is 0. The third kappa shape index (κ3) is 2.42. The van der Waals surface area contributed by atoms with Gasteiger partial charge in [-0.2, -0.15) is 0 Å². The van der Waals surface area contributed by atoms with Crippen molar-refractivity contribution in [3.63, 3.8) is 0 Å². The van der Waals surface area contributed by atoms with Crippen molar-refractivity contribution in [1.82, 2.24) is 0 Å². The van der Waals surface area contributed by atoms with E-state index in [2.05, 4.69) is 0 Å². The summed E-state index contributed by atoms with van der Waals surface area (Å²) in [6.45, 7) is 0. The number of rotatable bonds is 3. The summed E-state index contributed by atoms with van der Waals surface area (Å²) in [4.78, 5) is 9.63. The van der Waals surface area contributed by atoms with Crippen molar-refractivity contribution in [2.75, 3.05) is 12.5 Å². The fraction of sp³-hybridized carbons (Fsp3) is 1.00. The fourth-order valence-corrected chi connectivity index (χ4v) is 1.38. The predicted octanol–water partition coefficient (Wildman–Crippen LogP) is 1.27. The maximum absolute atomic E-state index is 9.93. The van der Waals surface area contributed by atoms with Crippen molar-refractivity contribution >= 4 is 23.5 Å². The predicted molar refractivity (Wildman–Crippen MR) is 37.8 cm³/mol. The zero-order valence-electron chi connectivity index (χ0n) is 4.66. The standard InChI is InChI=1S/C3H7NO2S2/c1-7-3(8-2)4(5)6/h3H,1-2H3. The van der Waals surface area contributed by atoms with Gasteiger partial charge in [0.15, 0.2) is 0 Å². The first kappa shape index (κ1) is 8.10. The molecule has 0 aromatic rings. The average molecular weight is 153 g/mol. The molecule has 0 unspecified atom stereocenters. The van der Waals surface area contributed by atoms with Gasteiger partial charge in [-0.1, -0.05) is 23.5 Å². The molecular formula is C3H7NO2S2. The van der Waals surface area contributed by atoms with Crippen LogP contribution in [-0.2, 0) is 0 Å². The largest absolute Gasteiger partial charge is 0.303 e. The van der Waals surface area contributed by atoms with Gasteiger partial charge in [0.25, 0.3) is 0 Å². The lowest BCUT2D eigenvalue weighted by Gasteiger charge is -1.98. The van der Waals surface area contributed by atoms with Crippen LogP contribution in [0.5, 0.6) is 0 Å². The molecule has 8 heavy (non-hydrogen) atoms. The summed E-state index contributed by atoms with van der Waals surface area (Å²) in [7, 11) is 0. The van der Waals surface area contributed by atoms with Crippen molar-refractivity contribution in [2.24, 2.45) is 0 Å². The summed E-state index contributed by atoms with van der Waals surface area (Å²) in [5, 5.41) is 9.93. The van der Waals surface area contributed by atoms with Crippen molar-refractivity contribution in [1.29, 1.82) is 0 Å². The van der Waals surface area contributed by atoms with E-state index in [0.29, 0.717) is 0 Å². The SMILES string of the molecule is CSC(SC)[N+](=O)[O-]. The highest BCUT2D eigenvalue weighted by atomic mass is 32.2. The van der Waals surface area contributed by atoms with Crippen LogP contribution in [0.15, 0.2) is 0 Å². The molecule has 0 rings (SSSR count). The molecule has 0 amide bonds. The van der Waals surface area contributed by atoms with E-state index >= 15 is 0 Å². The van der Waals surface area contributed by atoms with E-state index in [-0.39, 0.29) is 4.92 Å². The molecule has 3 nitrogen and oxygen atoms in total. The van der Waals surface area contributed by atoms with Gasteiger partial charge in [-0.25, -0.2) is 0 Å². The lowest BCUT2D eigenvalue weighted by Crippen LogP contribution is -2.08. The monoisotopic (exact) mass is 153 g/mol. The lowest BCUT2D eigenvalue weighted by atomic mass is 11.5.